The molecule has 2 atom stereocenters. The first kappa shape index (κ1) is 16.7. The molecule has 0 saturated heterocycles. The van der Waals surface area contributed by atoms with Crippen LogP contribution in [0.3, 0.4) is 0 Å². The summed E-state index contributed by atoms with van der Waals surface area (Å²) >= 11 is 0. The summed E-state index contributed by atoms with van der Waals surface area (Å²) in [6, 6.07) is 15.3. The van der Waals surface area contributed by atoms with Crippen molar-refractivity contribution in [1.29, 1.82) is 0 Å². The number of halogens is 2. The fourth-order valence-corrected chi connectivity index (χ4v) is 2.89. The van der Waals surface area contributed by atoms with Crippen LogP contribution in [0.5, 0.6) is 11.5 Å². The summed E-state index contributed by atoms with van der Waals surface area (Å²) in [5, 5.41) is 9.30. The Bertz CT molecular complexity index is 643. The summed E-state index contributed by atoms with van der Waals surface area (Å²) in [6.07, 6.45) is -1.28. The Hall–Kier alpha value is -2.14. The Morgan fingerprint density at radius 2 is 1.75 bits per heavy atom. The lowest BCUT2D eigenvalue weighted by Gasteiger charge is -2.37. The molecule has 1 saturated carbocycles. The van der Waals surface area contributed by atoms with Crippen molar-refractivity contribution in [2.45, 2.75) is 44.0 Å². The number of aromatic hydroxyl groups is 1. The minimum Gasteiger partial charge on any atom is -0.508 e. The minimum absolute atomic E-state index is 0.0645. The zero-order chi connectivity index (χ0) is 17.0. The molecule has 1 aliphatic rings. The van der Waals surface area contributed by atoms with E-state index in [0.717, 1.165) is 5.56 Å². The van der Waals surface area contributed by atoms with Crippen molar-refractivity contribution < 1.29 is 23.4 Å². The van der Waals surface area contributed by atoms with Crippen LogP contribution in [0.15, 0.2) is 54.6 Å². The largest absolute Gasteiger partial charge is 0.508 e. The van der Waals surface area contributed by atoms with E-state index >= 15 is 0 Å². The Morgan fingerprint density at radius 3 is 2.46 bits per heavy atom. The maximum Gasteiger partial charge on any atom is 0.286 e. The molecule has 2 aromatic carbocycles. The Morgan fingerprint density at radius 1 is 1.04 bits per heavy atom. The molecule has 1 aliphatic carbocycles. The minimum atomic E-state index is -2.95. The van der Waals surface area contributed by atoms with E-state index in [1.165, 1.54) is 24.3 Å². The van der Waals surface area contributed by atoms with Crippen molar-refractivity contribution in [3.63, 3.8) is 0 Å². The van der Waals surface area contributed by atoms with E-state index in [0.29, 0.717) is 18.6 Å². The second kappa shape index (κ2) is 7.18. The number of rotatable bonds is 5. The number of hydrogen-bond donors (Lipinski definition) is 1. The van der Waals surface area contributed by atoms with E-state index in [1.54, 1.807) is 0 Å². The van der Waals surface area contributed by atoms with Gasteiger partial charge in [0.2, 0.25) is 0 Å². The highest BCUT2D eigenvalue weighted by atomic mass is 19.3. The molecule has 1 N–H and O–H groups in total. The molecule has 0 unspecified atom stereocenters. The normalized spacial score (nSPS) is 22.9. The maximum atomic E-state index is 14.4. The highest BCUT2D eigenvalue weighted by molar-refractivity contribution is 5.30. The number of phenols is 1. The molecule has 1 fully saturated rings. The Labute approximate surface area is 139 Å². The fourth-order valence-electron chi connectivity index (χ4n) is 2.89. The van der Waals surface area contributed by atoms with Gasteiger partial charge in [-0.15, -0.1) is 0 Å². The molecular weight excluding hydrogens is 314 g/mol. The molecule has 128 valence electrons. The third-order valence-corrected chi connectivity index (χ3v) is 4.16. The summed E-state index contributed by atoms with van der Waals surface area (Å²) in [5.41, 5.74) is 0.940. The van der Waals surface area contributed by atoms with Gasteiger partial charge in [-0.2, -0.15) is 0 Å². The zero-order valence-electron chi connectivity index (χ0n) is 13.2. The Balaban J connectivity index is 1.71. The lowest BCUT2D eigenvalue weighted by atomic mass is 9.90. The zero-order valence-corrected chi connectivity index (χ0v) is 13.2. The van der Waals surface area contributed by atoms with Crippen LogP contribution in [-0.4, -0.2) is 23.2 Å². The van der Waals surface area contributed by atoms with Gasteiger partial charge < -0.3 is 14.6 Å². The van der Waals surface area contributed by atoms with E-state index in [9.17, 15) is 13.9 Å². The van der Waals surface area contributed by atoms with Gasteiger partial charge >= 0.3 is 0 Å². The summed E-state index contributed by atoms with van der Waals surface area (Å²) in [7, 11) is 0. The maximum absolute atomic E-state index is 14.4. The molecule has 0 bridgehead atoms. The van der Waals surface area contributed by atoms with Gasteiger partial charge in [0.25, 0.3) is 5.92 Å². The van der Waals surface area contributed by atoms with Crippen LogP contribution < -0.4 is 4.74 Å². The molecule has 3 nitrogen and oxygen atoms in total. The highest BCUT2D eigenvalue weighted by Crippen LogP contribution is 2.38. The van der Waals surface area contributed by atoms with Crippen molar-refractivity contribution in [3.05, 3.63) is 60.2 Å². The van der Waals surface area contributed by atoms with Crippen LogP contribution in [0.1, 0.15) is 24.8 Å². The molecule has 3 rings (SSSR count). The SMILES string of the molecule is Oc1ccc(O[C@@H]2[C@@H](OCc3ccccc3)CCCC2(F)F)cc1. The first-order valence-corrected chi connectivity index (χ1v) is 8.04. The van der Waals surface area contributed by atoms with Crippen LogP contribution in [-0.2, 0) is 11.3 Å². The van der Waals surface area contributed by atoms with Gasteiger partial charge in [0.15, 0.2) is 6.10 Å². The molecule has 0 spiro atoms. The van der Waals surface area contributed by atoms with Crippen molar-refractivity contribution in [3.8, 4) is 11.5 Å². The molecule has 0 amide bonds. The standard InChI is InChI=1S/C19H20F2O3/c20-19(21)12-4-7-17(23-13-14-5-2-1-3-6-14)18(19)24-16-10-8-15(22)9-11-16/h1-3,5-6,8-11,17-18,22H,4,7,12-13H2/t17-,18+/m0/s1. The molecule has 0 aromatic heterocycles. The fraction of sp³-hybridized carbons (Fsp3) is 0.368. The van der Waals surface area contributed by atoms with E-state index in [4.69, 9.17) is 9.47 Å². The van der Waals surface area contributed by atoms with Gasteiger partial charge in [-0.05, 0) is 42.7 Å². The summed E-state index contributed by atoms with van der Waals surface area (Å²) in [5.74, 6) is -2.58. The van der Waals surface area contributed by atoms with Crippen LogP contribution in [0.4, 0.5) is 8.78 Å². The van der Waals surface area contributed by atoms with Crippen LogP contribution >= 0.6 is 0 Å². The van der Waals surface area contributed by atoms with Gasteiger partial charge in [0.05, 0.1) is 6.61 Å². The Kier molecular flexibility index (Phi) is 5.00. The summed E-state index contributed by atoms with van der Waals surface area (Å²) in [6.45, 7) is 0.275. The van der Waals surface area contributed by atoms with Crippen LogP contribution in [0.2, 0.25) is 0 Å². The number of phenolic OH excluding ortho intramolecular Hbond substituents is 1. The second-order valence-corrected chi connectivity index (χ2v) is 6.02. The van der Waals surface area contributed by atoms with E-state index in [2.05, 4.69) is 0 Å². The second-order valence-electron chi connectivity index (χ2n) is 6.02. The number of hydrogen-bond acceptors (Lipinski definition) is 3. The quantitative estimate of drug-likeness (QED) is 0.872. The summed E-state index contributed by atoms with van der Waals surface area (Å²) in [4.78, 5) is 0. The third-order valence-electron chi connectivity index (χ3n) is 4.16. The predicted molar refractivity (Wildman–Crippen MR) is 86.3 cm³/mol. The average Bonchev–Trinajstić information content (AvgIpc) is 2.58. The topological polar surface area (TPSA) is 38.7 Å². The lowest BCUT2D eigenvalue weighted by Crippen LogP contribution is -2.51. The average molecular weight is 334 g/mol. The van der Waals surface area contributed by atoms with Crippen LogP contribution in [0.25, 0.3) is 0 Å². The van der Waals surface area contributed by atoms with Gasteiger partial charge in [0, 0.05) is 6.42 Å². The predicted octanol–water partition coefficient (Wildman–Crippen LogP) is 4.54. The van der Waals surface area contributed by atoms with E-state index in [-0.39, 0.29) is 18.8 Å². The van der Waals surface area contributed by atoms with Crippen molar-refractivity contribution in [2.75, 3.05) is 0 Å². The van der Waals surface area contributed by atoms with E-state index in [1.807, 2.05) is 30.3 Å². The van der Waals surface area contributed by atoms with Gasteiger partial charge in [-0.1, -0.05) is 30.3 Å². The first-order valence-electron chi connectivity index (χ1n) is 8.04. The number of benzene rings is 2. The van der Waals surface area contributed by atoms with Gasteiger partial charge in [-0.3, -0.25) is 0 Å². The first-order chi connectivity index (χ1) is 11.5. The molecule has 24 heavy (non-hydrogen) atoms. The van der Waals surface area contributed by atoms with Crippen molar-refractivity contribution in [1.82, 2.24) is 0 Å². The summed E-state index contributed by atoms with van der Waals surface area (Å²) < 4.78 is 40.0. The van der Waals surface area contributed by atoms with Crippen molar-refractivity contribution in [2.24, 2.45) is 0 Å². The number of ether oxygens (including phenoxy) is 2. The highest BCUT2D eigenvalue weighted by Gasteiger charge is 2.49. The molecule has 0 aliphatic heterocycles. The van der Waals surface area contributed by atoms with Gasteiger partial charge in [-0.25, -0.2) is 8.78 Å². The lowest BCUT2D eigenvalue weighted by molar-refractivity contribution is -0.181. The molecule has 5 heteroatoms. The molecule has 2 aromatic rings. The van der Waals surface area contributed by atoms with E-state index < -0.39 is 18.1 Å². The van der Waals surface area contributed by atoms with Crippen LogP contribution in [0, 0.1) is 0 Å². The smallest absolute Gasteiger partial charge is 0.286 e. The molecule has 0 heterocycles. The molecular formula is C19H20F2O3. The van der Waals surface area contributed by atoms with Gasteiger partial charge in [0.1, 0.15) is 17.6 Å². The monoisotopic (exact) mass is 334 g/mol. The number of alkyl halides is 2. The van der Waals surface area contributed by atoms with Crippen molar-refractivity contribution >= 4 is 0 Å². The third kappa shape index (κ3) is 4.03. The molecule has 0 radical (unpaired) electrons.